The van der Waals surface area contributed by atoms with Crippen LogP contribution in [0, 0.1) is 0 Å². The third kappa shape index (κ3) is 8.41. The number of methoxy groups -OCH3 is 1. The van der Waals surface area contributed by atoms with Crippen molar-refractivity contribution in [3.8, 4) is 0 Å². The molecule has 0 bridgehead atoms. The summed E-state index contributed by atoms with van der Waals surface area (Å²) in [5.74, 6) is -0.306. The fraction of sp³-hybridized carbons (Fsp3) is 0.684. The van der Waals surface area contributed by atoms with Crippen molar-refractivity contribution in [1.82, 2.24) is 9.80 Å². The van der Waals surface area contributed by atoms with E-state index in [1.54, 1.807) is 20.8 Å². The summed E-state index contributed by atoms with van der Waals surface area (Å²) >= 11 is 0. The third-order valence-electron chi connectivity index (χ3n) is 3.35. The van der Waals surface area contributed by atoms with Crippen molar-refractivity contribution in [2.45, 2.75) is 52.7 Å². The first-order valence-electron chi connectivity index (χ1n) is 8.95. The molecule has 0 radical (unpaired) electrons. The lowest BCUT2D eigenvalue weighted by Gasteiger charge is -2.35. The molecule has 0 aromatic carbocycles. The lowest BCUT2D eigenvalue weighted by molar-refractivity contribution is -0.135. The van der Waals surface area contributed by atoms with Gasteiger partial charge in [-0.15, -0.1) is 0 Å². The van der Waals surface area contributed by atoms with Gasteiger partial charge in [0, 0.05) is 19.2 Å². The van der Waals surface area contributed by atoms with Gasteiger partial charge in [-0.25, -0.2) is 14.4 Å². The third-order valence-corrected chi connectivity index (χ3v) is 3.35. The van der Waals surface area contributed by atoms with Crippen LogP contribution in [-0.2, 0) is 23.8 Å². The highest BCUT2D eigenvalue weighted by molar-refractivity contribution is 5.94. The van der Waals surface area contributed by atoms with E-state index in [0.29, 0.717) is 13.1 Å². The Hall–Kier alpha value is -2.58. The average molecular weight is 398 g/mol. The molecule has 0 atom stereocenters. The first kappa shape index (κ1) is 23.5. The van der Waals surface area contributed by atoms with E-state index in [1.165, 1.54) is 23.0 Å². The van der Waals surface area contributed by atoms with Gasteiger partial charge in [0.25, 0.3) is 0 Å². The highest BCUT2D eigenvalue weighted by Gasteiger charge is 2.32. The zero-order chi connectivity index (χ0) is 21.7. The van der Waals surface area contributed by atoms with Crippen molar-refractivity contribution in [3.05, 3.63) is 11.6 Å². The van der Waals surface area contributed by atoms with Crippen LogP contribution < -0.4 is 0 Å². The summed E-state index contributed by atoms with van der Waals surface area (Å²) in [4.78, 5) is 47.0. The maximum atomic E-state index is 11.5. The second-order valence-corrected chi connectivity index (χ2v) is 8.54. The summed E-state index contributed by atoms with van der Waals surface area (Å²) in [6.45, 7) is 12.1. The zero-order valence-corrected chi connectivity index (χ0v) is 17.7. The van der Waals surface area contributed by atoms with E-state index in [1.807, 2.05) is 20.8 Å². The van der Waals surface area contributed by atoms with Gasteiger partial charge in [-0.2, -0.15) is 0 Å². The second-order valence-electron chi connectivity index (χ2n) is 8.54. The van der Waals surface area contributed by atoms with E-state index in [2.05, 4.69) is 4.74 Å². The van der Waals surface area contributed by atoms with Crippen LogP contribution in [0.1, 0.15) is 41.5 Å². The second kappa shape index (κ2) is 9.07. The molecule has 2 heterocycles. The predicted molar refractivity (Wildman–Crippen MR) is 101 cm³/mol. The largest absolute Gasteiger partial charge is 0.466 e. The number of ether oxygens (including phenoxy) is 3. The Balaban J connectivity index is 0.000000292. The Morgan fingerprint density at radius 2 is 1.21 bits per heavy atom. The minimum absolute atomic E-state index is 0.0841. The molecular weight excluding hydrogens is 368 g/mol. The summed E-state index contributed by atoms with van der Waals surface area (Å²) < 4.78 is 14.7. The number of rotatable bonds is 1. The van der Waals surface area contributed by atoms with Crippen LogP contribution in [0.25, 0.3) is 0 Å². The van der Waals surface area contributed by atoms with Crippen LogP contribution in [0.15, 0.2) is 11.6 Å². The van der Waals surface area contributed by atoms with Crippen molar-refractivity contribution in [1.29, 1.82) is 0 Å². The molecule has 0 unspecified atom stereocenters. The summed E-state index contributed by atoms with van der Waals surface area (Å²) in [5, 5.41) is 0. The molecule has 0 saturated carbocycles. The standard InChI is InChI=1S/C11H17NO4.C8H13NO3/c1-11(2,3)16-10(14)12-6-8(7-12)5-9(13)15-4;1-8(2,3)12-7(11)9-4-6(10)5-9/h5H,6-7H2,1-4H3;4-5H2,1-3H3. The Bertz CT molecular complexity index is 640. The van der Waals surface area contributed by atoms with E-state index in [0.717, 1.165) is 5.57 Å². The molecule has 2 saturated heterocycles. The van der Waals surface area contributed by atoms with Gasteiger partial charge >= 0.3 is 18.2 Å². The first-order valence-corrected chi connectivity index (χ1v) is 8.95. The van der Waals surface area contributed by atoms with Gasteiger partial charge < -0.3 is 19.1 Å². The molecule has 2 aliphatic heterocycles. The number of hydrogen-bond acceptors (Lipinski definition) is 7. The van der Waals surface area contributed by atoms with Crippen LogP contribution in [-0.4, -0.2) is 78.2 Å². The number of amides is 2. The molecule has 0 spiro atoms. The molecule has 0 aromatic rings. The Kier molecular flexibility index (Phi) is 7.60. The van der Waals surface area contributed by atoms with Crippen molar-refractivity contribution >= 4 is 23.9 Å². The minimum atomic E-state index is -0.487. The Morgan fingerprint density at radius 1 is 0.821 bits per heavy atom. The molecule has 2 aliphatic rings. The van der Waals surface area contributed by atoms with Gasteiger partial charge in [0.2, 0.25) is 0 Å². The number of hydrogen-bond donors (Lipinski definition) is 0. The molecule has 0 aliphatic carbocycles. The molecular formula is C19H30N2O7. The fourth-order valence-corrected chi connectivity index (χ4v) is 2.05. The number of carbonyl (C=O) groups excluding carboxylic acids is 4. The fourth-order valence-electron chi connectivity index (χ4n) is 2.05. The zero-order valence-electron chi connectivity index (χ0n) is 17.7. The summed E-state index contributed by atoms with van der Waals surface area (Å²) in [6, 6.07) is 0. The van der Waals surface area contributed by atoms with Crippen LogP contribution in [0.4, 0.5) is 9.59 Å². The number of esters is 1. The van der Waals surface area contributed by atoms with Crippen LogP contribution in [0.3, 0.4) is 0 Å². The smallest absolute Gasteiger partial charge is 0.411 e. The summed E-state index contributed by atoms with van der Waals surface area (Å²) in [6.07, 6.45) is 0.651. The molecule has 9 heteroatoms. The van der Waals surface area contributed by atoms with Gasteiger partial charge in [0.05, 0.1) is 20.2 Å². The van der Waals surface area contributed by atoms with Gasteiger partial charge in [-0.1, -0.05) is 0 Å². The molecule has 9 nitrogen and oxygen atoms in total. The Labute approximate surface area is 165 Å². The predicted octanol–water partition coefficient (Wildman–Crippen LogP) is 2.14. The molecule has 2 amide bonds. The van der Waals surface area contributed by atoms with E-state index in [9.17, 15) is 19.2 Å². The van der Waals surface area contributed by atoms with Gasteiger partial charge in [-0.3, -0.25) is 9.69 Å². The maximum Gasteiger partial charge on any atom is 0.411 e. The van der Waals surface area contributed by atoms with E-state index < -0.39 is 17.3 Å². The van der Waals surface area contributed by atoms with Gasteiger partial charge in [0.1, 0.15) is 11.2 Å². The van der Waals surface area contributed by atoms with Crippen LogP contribution in [0.5, 0.6) is 0 Å². The van der Waals surface area contributed by atoms with Gasteiger partial charge in [0.15, 0.2) is 5.78 Å². The molecule has 2 rings (SSSR count). The van der Waals surface area contributed by atoms with Crippen molar-refractivity contribution in [2.24, 2.45) is 0 Å². The summed E-state index contributed by atoms with van der Waals surface area (Å²) in [7, 11) is 1.32. The quantitative estimate of drug-likeness (QED) is 0.379. The van der Waals surface area contributed by atoms with Crippen molar-refractivity contribution < 1.29 is 33.4 Å². The molecule has 0 aromatic heterocycles. The normalized spacial score (nSPS) is 16.1. The number of nitrogens with zero attached hydrogens (tertiary/aromatic N) is 2. The lowest BCUT2D eigenvalue weighted by Crippen LogP contribution is -2.52. The number of carbonyl (C=O) groups is 4. The Morgan fingerprint density at radius 3 is 1.54 bits per heavy atom. The minimum Gasteiger partial charge on any atom is -0.466 e. The maximum absolute atomic E-state index is 11.5. The first-order chi connectivity index (χ1) is 12.7. The van der Waals surface area contributed by atoms with E-state index >= 15 is 0 Å². The lowest BCUT2D eigenvalue weighted by atomic mass is 10.1. The highest BCUT2D eigenvalue weighted by Crippen LogP contribution is 2.18. The monoisotopic (exact) mass is 398 g/mol. The number of ketones is 1. The molecule has 158 valence electrons. The number of likely N-dealkylation sites (tertiary alicyclic amines) is 2. The van der Waals surface area contributed by atoms with Crippen LogP contribution >= 0.6 is 0 Å². The number of Topliss-reactive ketones (excluding diaryl/α,β-unsaturated/α-hetero) is 1. The van der Waals surface area contributed by atoms with E-state index in [-0.39, 0.29) is 30.9 Å². The van der Waals surface area contributed by atoms with Crippen molar-refractivity contribution in [3.63, 3.8) is 0 Å². The van der Waals surface area contributed by atoms with E-state index in [4.69, 9.17) is 9.47 Å². The SMILES string of the molecule is CC(C)(C)OC(=O)N1CC(=O)C1.COC(=O)C=C1CN(C(=O)OC(C)(C)C)C1. The average Bonchev–Trinajstić information content (AvgIpc) is 2.43. The van der Waals surface area contributed by atoms with Gasteiger partial charge in [-0.05, 0) is 47.1 Å². The van der Waals surface area contributed by atoms with Crippen LogP contribution in [0.2, 0.25) is 0 Å². The molecule has 2 fully saturated rings. The highest BCUT2D eigenvalue weighted by atomic mass is 16.6. The topological polar surface area (TPSA) is 102 Å². The summed E-state index contributed by atoms with van der Waals surface area (Å²) in [5.41, 5.74) is -0.0908. The molecule has 28 heavy (non-hydrogen) atoms. The van der Waals surface area contributed by atoms with Crippen molar-refractivity contribution in [2.75, 3.05) is 33.3 Å². The molecule has 0 N–H and O–H groups in total.